The predicted molar refractivity (Wildman–Crippen MR) is 84.5 cm³/mol. The van der Waals surface area contributed by atoms with E-state index in [9.17, 15) is 9.59 Å². The van der Waals surface area contributed by atoms with E-state index in [1.807, 2.05) is 25.7 Å². The van der Waals surface area contributed by atoms with E-state index in [4.69, 9.17) is 4.74 Å². The Hall–Kier alpha value is -0.910. The molecule has 0 spiro atoms. The van der Waals surface area contributed by atoms with E-state index in [1.54, 1.807) is 4.90 Å². The van der Waals surface area contributed by atoms with Gasteiger partial charge >= 0.3 is 6.09 Å². The number of amides is 2. The number of carbonyl (C=O) groups is 2. The molecule has 120 valence electrons. The smallest absolute Gasteiger partial charge is 0.410 e. The first kappa shape index (κ1) is 16.5. The van der Waals surface area contributed by atoms with Crippen LogP contribution in [0.1, 0.15) is 33.6 Å². The molecule has 6 heteroatoms. The number of thiol groups is 1. The van der Waals surface area contributed by atoms with Gasteiger partial charge in [-0.2, -0.15) is 12.6 Å². The molecule has 1 atom stereocenters. The minimum Gasteiger partial charge on any atom is -0.444 e. The third kappa shape index (κ3) is 4.53. The highest BCUT2D eigenvalue weighted by molar-refractivity contribution is 7.80. The molecule has 2 saturated heterocycles. The van der Waals surface area contributed by atoms with Crippen molar-refractivity contribution in [2.45, 2.75) is 39.2 Å². The molecule has 2 amide bonds. The van der Waals surface area contributed by atoms with Crippen molar-refractivity contribution in [3.63, 3.8) is 0 Å². The summed E-state index contributed by atoms with van der Waals surface area (Å²) in [6.07, 6.45) is 1.37. The second-order valence-electron chi connectivity index (χ2n) is 7.13. The molecule has 2 heterocycles. The number of ether oxygens (including phenoxy) is 1. The van der Waals surface area contributed by atoms with E-state index in [2.05, 4.69) is 12.6 Å². The van der Waals surface area contributed by atoms with Crippen molar-refractivity contribution < 1.29 is 14.3 Å². The molecule has 2 rings (SSSR count). The summed E-state index contributed by atoms with van der Waals surface area (Å²) in [6.45, 7) is 8.75. The standard InChI is InChI=1S/C15H26N2O3S/c1-15(2,3)20-14(19)17-7-11(8-17)4-5-16-9-12(10-21)6-13(16)18/h11-12,21H,4-10H2,1-3H3. The van der Waals surface area contributed by atoms with Crippen LogP contribution in [0.3, 0.4) is 0 Å². The second-order valence-corrected chi connectivity index (χ2v) is 7.50. The zero-order valence-corrected chi connectivity index (χ0v) is 14.1. The number of carbonyl (C=O) groups excluding carboxylic acids is 2. The van der Waals surface area contributed by atoms with E-state index in [0.717, 1.165) is 38.4 Å². The fraction of sp³-hybridized carbons (Fsp3) is 0.867. The molecule has 0 radical (unpaired) electrons. The van der Waals surface area contributed by atoms with Gasteiger partial charge in [-0.3, -0.25) is 4.79 Å². The second kappa shape index (κ2) is 6.46. The minimum absolute atomic E-state index is 0.230. The van der Waals surface area contributed by atoms with Gasteiger partial charge in [0.05, 0.1) is 0 Å². The van der Waals surface area contributed by atoms with E-state index in [0.29, 0.717) is 18.3 Å². The normalized spacial score (nSPS) is 23.4. The zero-order chi connectivity index (χ0) is 15.6. The van der Waals surface area contributed by atoms with Gasteiger partial charge in [0.15, 0.2) is 0 Å². The Kier molecular flexibility index (Phi) is 5.07. The lowest BCUT2D eigenvalue weighted by Crippen LogP contribution is -2.52. The van der Waals surface area contributed by atoms with Gasteiger partial charge in [0.25, 0.3) is 0 Å². The summed E-state index contributed by atoms with van der Waals surface area (Å²) in [6, 6.07) is 0. The van der Waals surface area contributed by atoms with Crippen molar-refractivity contribution in [1.29, 1.82) is 0 Å². The van der Waals surface area contributed by atoms with Gasteiger partial charge < -0.3 is 14.5 Å². The number of nitrogens with zero attached hydrogens (tertiary/aromatic N) is 2. The molecule has 2 aliphatic rings. The number of rotatable bonds is 4. The summed E-state index contributed by atoms with van der Waals surface area (Å²) in [5.74, 6) is 1.91. The highest BCUT2D eigenvalue weighted by Crippen LogP contribution is 2.24. The van der Waals surface area contributed by atoms with Crippen LogP contribution >= 0.6 is 12.6 Å². The SMILES string of the molecule is CC(C)(C)OC(=O)N1CC(CCN2CC(CS)CC2=O)C1. The van der Waals surface area contributed by atoms with Crippen LogP contribution in [0.2, 0.25) is 0 Å². The van der Waals surface area contributed by atoms with Crippen LogP contribution in [0.5, 0.6) is 0 Å². The molecule has 0 aliphatic carbocycles. The summed E-state index contributed by atoms with van der Waals surface area (Å²) in [5.41, 5.74) is -0.438. The molecule has 0 aromatic carbocycles. The quantitative estimate of drug-likeness (QED) is 0.808. The Morgan fingerprint density at radius 2 is 1.95 bits per heavy atom. The molecule has 2 fully saturated rings. The van der Waals surface area contributed by atoms with Gasteiger partial charge in [0.1, 0.15) is 5.60 Å². The summed E-state index contributed by atoms with van der Waals surface area (Å²) in [7, 11) is 0. The van der Waals surface area contributed by atoms with Crippen LogP contribution in [-0.4, -0.2) is 59.3 Å². The maximum atomic E-state index is 11.8. The fourth-order valence-corrected chi connectivity index (χ4v) is 3.00. The molecule has 0 aromatic heterocycles. The van der Waals surface area contributed by atoms with Crippen LogP contribution in [0.25, 0.3) is 0 Å². The average molecular weight is 314 g/mol. The molecular weight excluding hydrogens is 288 g/mol. The topological polar surface area (TPSA) is 49.9 Å². The Bertz CT molecular complexity index is 402. The van der Waals surface area contributed by atoms with E-state index >= 15 is 0 Å². The molecule has 2 aliphatic heterocycles. The molecule has 0 N–H and O–H groups in total. The van der Waals surface area contributed by atoms with Crippen molar-refractivity contribution in [3.8, 4) is 0 Å². The minimum atomic E-state index is -0.438. The van der Waals surface area contributed by atoms with Gasteiger partial charge in [-0.25, -0.2) is 4.79 Å². The largest absolute Gasteiger partial charge is 0.444 e. The maximum absolute atomic E-state index is 11.8. The first-order valence-electron chi connectivity index (χ1n) is 7.65. The highest BCUT2D eigenvalue weighted by Gasteiger charge is 2.35. The third-order valence-corrected chi connectivity index (χ3v) is 4.49. The van der Waals surface area contributed by atoms with Gasteiger partial charge in [-0.15, -0.1) is 0 Å². The Morgan fingerprint density at radius 1 is 1.29 bits per heavy atom. The number of hydrogen-bond donors (Lipinski definition) is 1. The van der Waals surface area contributed by atoms with Crippen LogP contribution in [0.15, 0.2) is 0 Å². The number of likely N-dealkylation sites (tertiary alicyclic amines) is 2. The Balaban J connectivity index is 1.65. The lowest BCUT2D eigenvalue weighted by Gasteiger charge is -2.40. The first-order chi connectivity index (χ1) is 9.78. The van der Waals surface area contributed by atoms with Crippen molar-refractivity contribution in [1.82, 2.24) is 9.80 Å². The summed E-state index contributed by atoms with van der Waals surface area (Å²) in [4.78, 5) is 27.3. The highest BCUT2D eigenvalue weighted by atomic mass is 32.1. The van der Waals surface area contributed by atoms with E-state index in [1.165, 1.54) is 0 Å². The van der Waals surface area contributed by atoms with Crippen molar-refractivity contribution in [2.75, 3.05) is 31.9 Å². The monoisotopic (exact) mass is 314 g/mol. The molecule has 0 saturated carbocycles. The molecule has 0 bridgehead atoms. The molecule has 5 nitrogen and oxygen atoms in total. The van der Waals surface area contributed by atoms with Crippen molar-refractivity contribution in [2.24, 2.45) is 11.8 Å². The van der Waals surface area contributed by atoms with E-state index < -0.39 is 5.60 Å². The first-order valence-corrected chi connectivity index (χ1v) is 8.28. The van der Waals surface area contributed by atoms with Crippen molar-refractivity contribution >= 4 is 24.6 Å². The maximum Gasteiger partial charge on any atom is 0.410 e. The predicted octanol–water partition coefficient (Wildman–Crippen LogP) is 2.02. The van der Waals surface area contributed by atoms with Crippen molar-refractivity contribution in [3.05, 3.63) is 0 Å². The third-order valence-electron chi connectivity index (χ3n) is 3.97. The molecule has 21 heavy (non-hydrogen) atoms. The van der Waals surface area contributed by atoms with Gasteiger partial charge in [0, 0.05) is 32.6 Å². The molecule has 0 aromatic rings. The van der Waals surface area contributed by atoms with E-state index in [-0.39, 0.29) is 12.0 Å². The summed E-state index contributed by atoms with van der Waals surface area (Å²) in [5, 5.41) is 0. The van der Waals surface area contributed by atoms with Gasteiger partial charge in [-0.05, 0) is 44.8 Å². The average Bonchev–Trinajstić information content (AvgIpc) is 2.66. The van der Waals surface area contributed by atoms with Crippen LogP contribution < -0.4 is 0 Å². The Labute approximate surface area is 132 Å². The zero-order valence-electron chi connectivity index (χ0n) is 13.2. The fourth-order valence-electron chi connectivity index (χ4n) is 2.76. The van der Waals surface area contributed by atoms with Gasteiger partial charge in [-0.1, -0.05) is 0 Å². The number of hydrogen-bond acceptors (Lipinski definition) is 4. The lowest BCUT2D eigenvalue weighted by atomic mass is 9.97. The lowest BCUT2D eigenvalue weighted by molar-refractivity contribution is -0.128. The van der Waals surface area contributed by atoms with Crippen LogP contribution in [0, 0.1) is 11.8 Å². The summed E-state index contributed by atoms with van der Waals surface area (Å²) < 4.78 is 5.33. The van der Waals surface area contributed by atoms with Crippen LogP contribution in [-0.2, 0) is 9.53 Å². The van der Waals surface area contributed by atoms with Crippen LogP contribution in [0.4, 0.5) is 4.79 Å². The molecular formula is C15H26N2O3S. The molecule has 1 unspecified atom stereocenters. The van der Waals surface area contributed by atoms with Gasteiger partial charge in [0.2, 0.25) is 5.91 Å². The Morgan fingerprint density at radius 3 is 2.48 bits per heavy atom. The summed E-state index contributed by atoms with van der Waals surface area (Å²) >= 11 is 4.27.